The molecular weight excluding hydrogens is 242 g/mol. The third-order valence-corrected chi connectivity index (χ3v) is 3.19. The number of oxazole rings is 1. The Labute approximate surface area is 113 Å². The van der Waals surface area contributed by atoms with Gasteiger partial charge in [-0.1, -0.05) is 12.1 Å². The summed E-state index contributed by atoms with van der Waals surface area (Å²) in [7, 11) is 0. The van der Waals surface area contributed by atoms with Gasteiger partial charge in [0.1, 0.15) is 11.5 Å². The molecule has 102 valence electrons. The number of nitrogens with zero attached hydrogens (tertiary/aromatic N) is 1. The van der Waals surface area contributed by atoms with Gasteiger partial charge in [-0.2, -0.15) is 0 Å². The van der Waals surface area contributed by atoms with Crippen LogP contribution < -0.4 is 4.74 Å². The first-order chi connectivity index (χ1) is 9.11. The molecule has 0 unspecified atom stereocenters. The molecule has 0 saturated carbocycles. The number of benzene rings is 1. The Kier molecular flexibility index (Phi) is 4.22. The SMILES string of the molecule is Cc1cccc(OCc2nc(CCO)c(C)o2)c1C. The minimum atomic E-state index is 0.0741. The van der Waals surface area contributed by atoms with Crippen LogP contribution in [-0.2, 0) is 13.0 Å². The summed E-state index contributed by atoms with van der Waals surface area (Å²) in [5, 5.41) is 8.92. The van der Waals surface area contributed by atoms with Gasteiger partial charge in [0, 0.05) is 13.0 Å². The molecule has 4 heteroatoms. The van der Waals surface area contributed by atoms with Crippen LogP contribution >= 0.6 is 0 Å². The number of hydrogen-bond donors (Lipinski definition) is 1. The number of aliphatic hydroxyl groups is 1. The number of aryl methyl sites for hydroxylation is 2. The van der Waals surface area contributed by atoms with Gasteiger partial charge in [-0.25, -0.2) is 4.98 Å². The molecule has 0 aliphatic rings. The summed E-state index contributed by atoms with van der Waals surface area (Å²) in [4.78, 5) is 4.32. The van der Waals surface area contributed by atoms with Crippen LogP contribution in [0.15, 0.2) is 22.6 Å². The molecular formula is C15H19NO3. The summed E-state index contributed by atoms with van der Waals surface area (Å²) < 4.78 is 11.2. The van der Waals surface area contributed by atoms with E-state index in [4.69, 9.17) is 14.3 Å². The lowest BCUT2D eigenvalue weighted by atomic mass is 10.1. The van der Waals surface area contributed by atoms with Crippen molar-refractivity contribution in [3.63, 3.8) is 0 Å². The Hall–Kier alpha value is -1.81. The van der Waals surface area contributed by atoms with E-state index in [0.29, 0.717) is 18.9 Å². The Morgan fingerprint density at radius 3 is 2.79 bits per heavy atom. The maximum Gasteiger partial charge on any atom is 0.232 e. The van der Waals surface area contributed by atoms with Crippen molar-refractivity contribution in [3.05, 3.63) is 46.7 Å². The van der Waals surface area contributed by atoms with E-state index >= 15 is 0 Å². The van der Waals surface area contributed by atoms with Gasteiger partial charge in [0.15, 0.2) is 6.61 Å². The van der Waals surface area contributed by atoms with Crippen LogP contribution in [0.4, 0.5) is 0 Å². The van der Waals surface area contributed by atoms with E-state index in [2.05, 4.69) is 18.0 Å². The lowest BCUT2D eigenvalue weighted by Crippen LogP contribution is -1.99. The third kappa shape index (κ3) is 3.15. The highest BCUT2D eigenvalue weighted by molar-refractivity contribution is 5.38. The zero-order valence-corrected chi connectivity index (χ0v) is 11.6. The molecule has 2 aromatic rings. The summed E-state index contributed by atoms with van der Waals surface area (Å²) in [5.74, 6) is 2.13. The van der Waals surface area contributed by atoms with Gasteiger partial charge in [0.05, 0.1) is 5.69 Å². The average Bonchev–Trinajstić information content (AvgIpc) is 2.73. The number of aliphatic hydroxyl groups excluding tert-OH is 1. The van der Waals surface area contributed by atoms with Crippen LogP contribution in [0.5, 0.6) is 5.75 Å². The first-order valence-electron chi connectivity index (χ1n) is 6.37. The highest BCUT2D eigenvalue weighted by Gasteiger charge is 2.10. The van der Waals surface area contributed by atoms with E-state index in [9.17, 15) is 0 Å². The van der Waals surface area contributed by atoms with Crippen molar-refractivity contribution < 1.29 is 14.3 Å². The summed E-state index contributed by atoms with van der Waals surface area (Å²) in [6, 6.07) is 5.96. The fourth-order valence-corrected chi connectivity index (χ4v) is 1.91. The van der Waals surface area contributed by atoms with Crippen molar-refractivity contribution in [2.75, 3.05) is 6.61 Å². The maximum absolute atomic E-state index is 8.92. The number of ether oxygens (including phenoxy) is 1. The van der Waals surface area contributed by atoms with Gasteiger partial charge in [-0.05, 0) is 38.0 Å². The van der Waals surface area contributed by atoms with Crippen LogP contribution in [-0.4, -0.2) is 16.7 Å². The largest absolute Gasteiger partial charge is 0.484 e. The summed E-state index contributed by atoms with van der Waals surface area (Å²) in [6.07, 6.45) is 0.513. The zero-order chi connectivity index (χ0) is 13.8. The molecule has 4 nitrogen and oxygen atoms in total. The van der Waals surface area contributed by atoms with Gasteiger partial charge >= 0.3 is 0 Å². The van der Waals surface area contributed by atoms with Crippen molar-refractivity contribution in [3.8, 4) is 5.75 Å². The normalized spacial score (nSPS) is 10.7. The van der Waals surface area contributed by atoms with E-state index < -0.39 is 0 Å². The van der Waals surface area contributed by atoms with E-state index in [-0.39, 0.29) is 6.61 Å². The number of aromatic nitrogens is 1. The van der Waals surface area contributed by atoms with Crippen molar-refractivity contribution in [2.45, 2.75) is 33.8 Å². The molecule has 1 N–H and O–H groups in total. The molecule has 0 saturated heterocycles. The van der Waals surface area contributed by atoms with Crippen LogP contribution in [0.3, 0.4) is 0 Å². The van der Waals surface area contributed by atoms with Crippen molar-refractivity contribution in [2.24, 2.45) is 0 Å². The highest BCUT2D eigenvalue weighted by Crippen LogP contribution is 2.22. The summed E-state index contributed by atoms with van der Waals surface area (Å²) in [5.41, 5.74) is 3.12. The van der Waals surface area contributed by atoms with Crippen LogP contribution in [0.2, 0.25) is 0 Å². The van der Waals surface area contributed by atoms with E-state index in [1.165, 1.54) is 5.56 Å². The summed E-state index contributed by atoms with van der Waals surface area (Å²) >= 11 is 0. The van der Waals surface area contributed by atoms with Crippen LogP contribution in [0.1, 0.15) is 28.5 Å². The molecule has 19 heavy (non-hydrogen) atoms. The predicted molar refractivity (Wildman–Crippen MR) is 72.3 cm³/mol. The average molecular weight is 261 g/mol. The molecule has 0 atom stereocenters. The molecule has 1 aromatic carbocycles. The van der Waals surface area contributed by atoms with Crippen molar-refractivity contribution in [1.29, 1.82) is 0 Å². The molecule has 0 aliphatic heterocycles. The third-order valence-electron chi connectivity index (χ3n) is 3.19. The van der Waals surface area contributed by atoms with Gasteiger partial charge in [0.25, 0.3) is 0 Å². The molecule has 0 radical (unpaired) electrons. The second-order valence-corrected chi connectivity index (χ2v) is 4.57. The van der Waals surface area contributed by atoms with E-state index in [1.54, 1.807) is 0 Å². The second kappa shape index (κ2) is 5.89. The first kappa shape index (κ1) is 13.6. The maximum atomic E-state index is 8.92. The van der Waals surface area contributed by atoms with Gasteiger partial charge < -0.3 is 14.3 Å². The molecule has 0 amide bonds. The zero-order valence-electron chi connectivity index (χ0n) is 11.6. The van der Waals surface area contributed by atoms with Crippen molar-refractivity contribution >= 4 is 0 Å². The molecule has 2 rings (SSSR count). The van der Waals surface area contributed by atoms with Crippen LogP contribution in [0, 0.1) is 20.8 Å². The second-order valence-electron chi connectivity index (χ2n) is 4.57. The molecule has 1 heterocycles. The smallest absolute Gasteiger partial charge is 0.232 e. The first-order valence-corrected chi connectivity index (χ1v) is 6.37. The Morgan fingerprint density at radius 1 is 1.26 bits per heavy atom. The summed E-state index contributed by atoms with van der Waals surface area (Å²) in [6.45, 7) is 6.31. The quantitative estimate of drug-likeness (QED) is 0.899. The van der Waals surface area contributed by atoms with E-state index in [0.717, 1.165) is 22.8 Å². The Morgan fingerprint density at radius 2 is 2.05 bits per heavy atom. The lowest BCUT2D eigenvalue weighted by Gasteiger charge is -2.08. The molecule has 1 aromatic heterocycles. The fraction of sp³-hybridized carbons (Fsp3) is 0.400. The molecule has 0 bridgehead atoms. The van der Waals surface area contributed by atoms with Crippen molar-refractivity contribution in [1.82, 2.24) is 4.98 Å². The van der Waals surface area contributed by atoms with Gasteiger partial charge in [-0.3, -0.25) is 0 Å². The van der Waals surface area contributed by atoms with Gasteiger partial charge in [0.2, 0.25) is 5.89 Å². The highest BCUT2D eigenvalue weighted by atomic mass is 16.5. The minimum Gasteiger partial charge on any atom is -0.484 e. The molecule has 0 aliphatic carbocycles. The molecule has 0 fully saturated rings. The minimum absolute atomic E-state index is 0.0741. The monoisotopic (exact) mass is 261 g/mol. The van der Waals surface area contributed by atoms with Crippen LogP contribution in [0.25, 0.3) is 0 Å². The standard InChI is InChI=1S/C15H19NO3/c1-10-5-4-6-14(11(10)2)18-9-15-16-13(7-8-17)12(3)19-15/h4-6,17H,7-9H2,1-3H3. The number of hydrogen-bond acceptors (Lipinski definition) is 4. The van der Waals surface area contributed by atoms with E-state index in [1.807, 2.05) is 26.0 Å². The topological polar surface area (TPSA) is 55.5 Å². The van der Waals surface area contributed by atoms with Gasteiger partial charge in [-0.15, -0.1) is 0 Å². The predicted octanol–water partition coefficient (Wildman–Crippen LogP) is 2.71. The number of rotatable bonds is 5. The fourth-order valence-electron chi connectivity index (χ4n) is 1.91. The Balaban J connectivity index is 2.06. The molecule has 0 spiro atoms. The Bertz CT molecular complexity index is 561. The lowest BCUT2D eigenvalue weighted by molar-refractivity contribution is 0.259.